The van der Waals surface area contributed by atoms with E-state index < -0.39 is 28.5 Å². The van der Waals surface area contributed by atoms with Crippen molar-refractivity contribution in [2.75, 3.05) is 31.3 Å². The van der Waals surface area contributed by atoms with E-state index in [0.29, 0.717) is 21.4 Å². The number of carbonyl (C=O) groups is 2. The molecule has 3 aromatic carbocycles. The van der Waals surface area contributed by atoms with Crippen LogP contribution in [0.4, 0.5) is 5.69 Å². The molecule has 1 saturated carbocycles. The van der Waals surface area contributed by atoms with Crippen LogP contribution in [-0.4, -0.2) is 64.2 Å². The molecule has 44 heavy (non-hydrogen) atoms. The number of carbonyl (C=O) groups excluding carboxylic acids is 2. The van der Waals surface area contributed by atoms with Crippen molar-refractivity contribution in [2.24, 2.45) is 0 Å². The maximum absolute atomic E-state index is 14.4. The molecule has 0 unspecified atom stereocenters. The van der Waals surface area contributed by atoms with E-state index in [2.05, 4.69) is 5.32 Å². The van der Waals surface area contributed by atoms with Gasteiger partial charge in [-0.1, -0.05) is 72.4 Å². The zero-order valence-electron chi connectivity index (χ0n) is 25.0. The monoisotopic (exact) mass is 661 g/mol. The molecule has 4 rings (SSSR count). The molecule has 1 atom stereocenters. The topological polar surface area (TPSA) is 105 Å². The second-order valence-corrected chi connectivity index (χ2v) is 13.5. The van der Waals surface area contributed by atoms with E-state index in [-0.39, 0.29) is 36.4 Å². The lowest BCUT2D eigenvalue weighted by Gasteiger charge is -2.34. The molecule has 9 nitrogen and oxygen atoms in total. The first-order chi connectivity index (χ1) is 21.0. The van der Waals surface area contributed by atoms with Gasteiger partial charge < -0.3 is 19.7 Å². The maximum atomic E-state index is 14.4. The van der Waals surface area contributed by atoms with Crippen molar-refractivity contribution in [1.29, 1.82) is 0 Å². The van der Waals surface area contributed by atoms with Crippen LogP contribution in [0.3, 0.4) is 0 Å². The fraction of sp³-hybridized carbons (Fsp3) is 0.375. The molecule has 0 radical (unpaired) electrons. The molecule has 0 saturated heterocycles. The Morgan fingerprint density at radius 3 is 2.30 bits per heavy atom. The largest absolute Gasteiger partial charge is 0.497 e. The van der Waals surface area contributed by atoms with Crippen molar-refractivity contribution >= 4 is 50.7 Å². The summed E-state index contributed by atoms with van der Waals surface area (Å²) in [6.45, 7) is -0.642. The van der Waals surface area contributed by atoms with E-state index in [1.807, 2.05) is 30.3 Å². The van der Waals surface area contributed by atoms with E-state index in [9.17, 15) is 18.0 Å². The number of nitrogens with zero attached hydrogens (tertiary/aromatic N) is 2. The second-order valence-electron chi connectivity index (χ2n) is 10.8. The minimum atomic E-state index is -3.99. The lowest BCUT2D eigenvalue weighted by molar-refractivity contribution is -0.140. The molecule has 12 heteroatoms. The predicted molar refractivity (Wildman–Crippen MR) is 173 cm³/mol. The molecule has 1 N–H and O–H groups in total. The summed E-state index contributed by atoms with van der Waals surface area (Å²) in [5.74, 6) is -0.250. The summed E-state index contributed by atoms with van der Waals surface area (Å²) < 4.78 is 38.0. The van der Waals surface area contributed by atoms with E-state index in [4.69, 9.17) is 32.7 Å². The number of sulfonamides is 1. The molecule has 3 aromatic rings. The molecular formula is C32H37Cl2N3O6S. The maximum Gasteiger partial charge on any atom is 0.244 e. The van der Waals surface area contributed by atoms with Gasteiger partial charge in [0.2, 0.25) is 21.8 Å². The third-order valence-corrected chi connectivity index (χ3v) is 9.38. The van der Waals surface area contributed by atoms with Crippen LogP contribution in [0.25, 0.3) is 0 Å². The van der Waals surface area contributed by atoms with Gasteiger partial charge in [-0.15, -0.1) is 0 Å². The van der Waals surface area contributed by atoms with Crippen LogP contribution in [0, 0.1) is 0 Å². The molecule has 1 aliphatic rings. The third-order valence-electron chi connectivity index (χ3n) is 7.66. The van der Waals surface area contributed by atoms with Crippen LogP contribution in [0.15, 0.2) is 66.7 Å². The molecule has 2 amide bonds. The van der Waals surface area contributed by atoms with Crippen LogP contribution in [-0.2, 0) is 32.6 Å². The van der Waals surface area contributed by atoms with E-state index >= 15 is 0 Å². The number of halogens is 2. The van der Waals surface area contributed by atoms with Gasteiger partial charge in [-0.05, 0) is 48.2 Å². The molecule has 0 bridgehead atoms. The van der Waals surface area contributed by atoms with Crippen LogP contribution < -0.4 is 19.1 Å². The van der Waals surface area contributed by atoms with Crippen LogP contribution in [0.5, 0.6) is 11.5 Å². The van der Waals surface area contributed by atoms with Gasteiger partial charge in [0.15, 0.2) is 0 Å². The third kappa shape index (κ3) is 8.58. The van der Waals surface area contributed by atoms with Gasteiger partial charge in [0.25, 0.3) is 0 Å². The first-order valence-electron chi connectivity index (χ1n) is 14.3. The zero-order chi connectivity index (χ0) is 31.9. The van der Waals surface area contributed by atoms with Crippen LogP contribution in [0.1, 0.15) is 36.8 Å². The highest BCUT2D eigenvalue weighted by molar-refractivity contribution is 7.92. The number of nitrogens with one attached hydrogen (secondary N) is 1. The number of benzene rings is 3. The number of ether oxygens (including phenoxy) is 2. The average molecular weight is 663 g/mol. The van der Waals surface area contributed by atoms with Gasteiger partial charge in [-0.2, -0.15) is 0 Å². The van der Waals surface area contributed by atoms with E-state index in [1.165, 1.54) is 31.3 Å². The molecule has 0 heterocycles. The summed E-state index contributed by atoms with van der Waals surface area (Å²) >= 11 is 12.7. The molecule has 1 fully saturated rings. The van der Waals surface area contributed by atoms with E-state index in [0.717, 1.165) is 41.8 Å². The van der Waals surface area contributed by atoms with Crippen molar-refractivity contribution in [1.82, 2.24) is 10.2 Å². The highest BCUT2D eigenvalue weighted by Crippen LogP contribution is 2.34. The minimum absolute atomic E-state index is 0.00734. The van der Waals surface area contributed by atoms with Gasteiger partial charge in [0.1, 0.15) is 24.1 Å². The summed E-state index contributed by atoms with van der Waals surface area (Å²) in [7, 11) is -1.10. The fourth-order valence-electron chi connectivity index (χ4n) is 5.34. The molecule has 0 aliphatic heterocycles. The van der Waals surface area contributed by atoms with Crippen molar-refractivity contribution in [2.45, 2.75) is 50.7 Å². The Balaban J connectivity index is 1.77. The van der Waals surface area contributed by atoms with Gasteiger partial charge in [-0.25, -0.2) is 8.42 Å². The van der Waals surface area contributed by atoms with Crippen molar-refractivity contribution in [3.05, 3.63) is 87.9 Å². The number of rotatable bonds is 13. The number of amides is 2. The number of anilines is 1. The molecule has 1 aliphatic carbocycles. The van der Waals surface area contributed by atoms with Crippen molar-refractivity contribution in [3.63, 3.8) is 0 Å². The minimum Gasteiger partial charge on any atom is -0.497 e. The van der Waals surface area contributed by atoms with Gasteiger partial charge in [0.05, 0.1) is 26.2 Å². The molecule has 0 spiro atoms. The first kappa shape index (κ1) is 33.4. The predicted octanol–water partition coefficient (Wildman–Crippen LogP) is 5.48. The Labute approximate surface area is 269 Å². The Hall–Kier alpha value is -3.47. The van der Waals surface area contributed by atoms with Gasteiger partial charge in [0, 0.05) is 35.1 Å². The molecule has 0 aromatic heterocycles. The van der Waals surface area contributed by atoms with Crippen LogP contribution in [0.2, 0.25) is 10.0 Å². The zero-order valence-corrected chi connectivity index (χ0v) is 27.3. The Bertz CT molecular complexity index is 1570. The number of hydrogen-bond acceptors (Lipinski definition) is 6. The summed E-state index contributed by atoms with van der Waals surface area (Å²) in [6, 6.07) is 18.0. The van der Waals surface area contributed by atoms with Gasteiger partial charge in [-0.3, -0.25) is 13.9 Å². The Kier molecular flexibility index (Phi) is 11.4. The van der Waals surface area contributed by atoms with Gasteiger partial charge >= 0.3 is 0 Å². The lowest BCUT2D eigenvalue weighted by atomic mass is 10.0. The quantitative estimate of drug-likeness (QED) is 0.260. The number of hydrogen-bond donors (Lipinski definition) is 1. The standard InChI is InChI=1S/C32H37Cl2N3O6S/c1-42-26-15-16-28(30(19-26)43-2)37(44(3,40)41)21-31(38)36(20-23-13-14-24(33)18-27(23)34)29(17-22-9-5-4-6-10-22)32(39)35-25-11-7-8-12-25/h4-6,9-10,13-16,18-19,25,29H,7-8,11-12,17,20-21H2,1-3H3,(H,35,39)/t29-/m1/s1. The van der Waals surface area contributed by atoms with Crippen molar-refractivity contribution < 1.29 is 27.5 Å². The summed E-state index contributed by atoms with van der Waals surface area (Å²) in [4.78, 5) is 29.7. The van der Waals surface area contributed by atoms with E-state index in [1.54, 1.807) is 24.3 Å². The normalized spacial score (nSPS) is 14.1. The number of methoxy groups -OCH3 is 2. The highest BCUT2D eigenvalue weighted by atomic mass is 35.5. The summed E-state index contributed by atoms with van der Waals surface area (Å²) in [6.07, 6.45) is 4.98. The smallest absolute Gasteiger partial charge is 0.244 e. The lowest BCUT2D eigenvalue weighted by Crippen LogP contribution is -2.54. The Morgan fingerprint density at radius 2 is 1.68 bits per heavy atom. The SMILES string of the molecule is COc1ccc(N(CC(=O)N(Cc2ccc(Cl)cc2Cl)[C@H](Cc2ccccc2)C(=O)NC2CCCC2)S(C)(=O)=O)c(OC)c1. The average Bonchev–Trinajstić information content (AvgIpc) is 3.51. The fourth-order valence-corrected chi connectivity index (χ4v) is 6.66. The highest BCUT2D eigenvalue weighted by Gasteiger charge is 2.35. The summed E-state index contributed by atoms with van der Waals surface area (Å²) in [5.41, 5.74) is 1.56. The molecular weight excluding hydrogens is 625 g/mol. The second kappa shape index (κ2) is 15.0. The Morgan fingerprint density at radius 1 is 0.977 bits per heavy atom. The first-order valence-corrected chi connectivity index (χ1v) is 16.9. The summed E-state index contributed by atoms with van der Waals surface area (Å²) in [5, 5.41) is 3.88. The van der Waals surface area contributed by atoms with Crippen LogP contribution >= 0.6 is 23.2 Å². The van der Waals surface area contributed by atoms with Crippen molar-refractivity contribution in [3.8, 4) is 11.5 Å². The molecule has 236 valence electrons.